The first-order valence-corrected chi connectivity index (χ1v) is 6.66. The van der Waals surface area contributed by atoms with Crippen LogP contribution >= 0.6 is 0 Å². The molecule has 0 aromatic heterocycles. The quantitative estimate of drug-likeness (QED) is 0.714. The van der Waals surface area contributed by atoms with Gasteiger partial charge in [-0.3, -0.25) is 4.90 Å². The average Bonchev–Trinajstić information content (AvgIpc) is 2.20. The Hall–Kier alpha value is -0.0800. The lowest BCUT2D eigenvalue weighted by atomic mass is 9.85. The van der Waals surface area contributed by atoms with Crippen LogP contribution in [0.2, 0.25) is 0 Å². The smallest absolute Gasteiger partial charge is 0.0198 e. The second kappa shape index (κ2) is 4.84. The van der Waals surface area contributed by atoms with Crippen LogP contribution in [0.25, 0.3) is 0 Å². The first-order valence-electron chi connectivity index (χ1n) is 6.66. The van der Waals surface area contributed by atoms with Crippen molar-refractivity contribution < 1.29 is 0 Å². The summed E-state index contributed by atoms with van der Waals surface area (Å²) in [7, 11) is 0. The maximum absolute atomic E-state index is 3.52. The van der Waals surface area contributed by atoms with Gasteiger partial charge in [0, 0.05) is 31.2 Å². The van der Waals surface area contributed by atoms with E-state index in [2.05, 4.69) is 31.0 Å². The fourth-order valence-electron chi connectivity index (χ4n) is 3.41. The molecule has 2 aliphatic rings. The van der Waals surface area contributed by atoms with E-state index in [9.17, 15) is 0 Å². The zero-order valence-corrected chi connectivity index (χ0v) is 10.5. The van der Waals surface area contributed by atoms with E-state index in [1.807, 2.05) is 0 Å². The molecule has 88 valence electrons. The summed E-state index contributed by atoms with van der Waals surface area (Å²) in [6, 6.07) is 2.33. The number of hydrogen-bond acceptors (Lipinski definition) is 2. The molecule has 0 spiro atoms. The molecule has 15 heavy (non-hydrogen) atoms. The van der Waals surface area contributed by atoms with Gasteiger partial charge in [0.15, 0.2) is 0 Å². The molecular formula is C13H26N2. The normalized spacial score (nSPS) is 44.2. The van der Waals surface area contributed by atoms with Crippen LogP contribution in [0.3, 0.4) is 0 Å². The highest BCUT2D eigenvalue weighted by Gasteiger charge is 2.32. The Bertz CT molecular complexity index is 187. The van der Waals surface area contributed by atoms with Gasteiger partial charge in [0.1, 0.15) is 0 Å². The third kappa shape index (κ3) is 2.54. The maximum Gasteiger partial charge on any atom is 0.0198 e. The van der Waals surface area contributed by atoms with Crippen molar-refractivity contribution in [3.8, 4) is 0 Å². The lowest BCUT2D eigenvalue weighted by Gasteiger charge is -2.46. The van der Waals surface area contributed by atoms with E-state index in [-0.39, 0.29) is 0 Å². The van der Waals surface area contributed by atoms with Crippen molar-refractivity contribution in [2.24, 2.45) is 5.92 Å². The lowest BCUT2D eigenvalue weighted by molar-refractivity contribution is 0.0409. The summed E-state index contributed by atoms with van der Waals surface area (Å²) in [6.45, 7) is 9.51. The van der Waals surface area contributed by atoms with Crippen molar-refractivity contribution in [2.75, 3.05) is 13.1 Å². The van der Waals surface area contributed by atoms with Crippen LogP contribution in [-0.2, 0) is 0 Å². The van der Waals surface area contributed by atoms with E-state index in [1.54, 1.807) is 0 Å². The van der Waals surface area contributed by atoms with E-state index in [4.69, 9.17) is 0 Å². The van der Waals surface area contributed by atoms with Crippen LogP contribution in [0.4, 0.5) is 0 Å². The van der Waals surface area contributed by atoms with Crippen LogP contribution in [0.5, 0.6) is 0 Å². The second-order valence-corrected chi connectivity index (χ2v) is 5.72. The fraction of sp³-hybridized carbons (Fsp3) is 1.00. The van der Waals surface area contributed by atoms with Crippen LogP contribution in [-0.4, -0.2) is 36.1 Å². The second-order valence-electron chi connectivity index (χ2n) is 5.72. The SMILES string of the molecule is CC1CCC(N2C(C)CNCC2C)CC1. The molecule has 1 saturated carbocycles. The summed E-state index contributed by atoms with van der Waals surface area (Å²) in [5.74, 6) is 0.967. The molecule has 2 fully saturated rings. The van der Waals surface area contributed by atoms with E-state index >= 15 is 0 Å². The molecule has 0 aromatic carbocycles. The molecule has 1 N–H and O–H groups in total. The van der Waals surface area contributed by atoms with Crippen molar-refractivity contribution in [3.63, 3.8) is 0 Å². The highest BCUT2D eigenvalue weighted by molar-refractivity contribution is 4.89. The minimum absolute atomic E-state index is 0.729. The van der Waals surface area contributed by atoms with Crippen molar-refractivity contribution >= 4 is 0 Å². The molecule has 0 amide bonds. The van der Waals surface area contributed by atoms with Gasteiger partial charge in [-0.2, -0.15) is 0 Å². The summed E-state index contributed by atoms with van der Waals surface area (Å²) in [5, 5.41) is 3.52. The Morgan fingerprint density at radius 1 is 0.867 bits per heavy atom. The predicted molar refractivity (Wildman–Crippen MR) is 65.1 cm³/mol. The molecule has 0 bridgehead atoms. The summed E-state index contributed by atoms with van der Waals surface area (Å²) in [5.41, 5.74) is 0. The topological polar surface area (TPSA) is 15.3 Å². The summed E-state index contributed by atoms with van der Waals surface area (Å²) >= 11 is 0. The average molecular weight is 210 g/mol. The fourth-order valence-corrected chi connectivity index (χ4v) is 3.41. The number of nitrogens with zero attached hydrogens (tertiary/aromatic N) is 1. The third-order valence-electron chi connectivity index (χ3n) is 4.30. The highest BCUT2D eigenvalue weighted by atomic mass is 15.3. The Labute approximate surface area is 94.4 Å². The molecule has 2 rings (SSSR count). The first kappa shape index (κ1) is 11.4. The molecule has 0 aromatic rings. The van der Waals surface area contributed by atoms with Gasteiger partial charge in [-0.05, 0) is 45.4 Å². The number of hydrogen-bond donors (Lipinski definition) is 1. The largest absolute Gasteiger partial charge is 0.314 e. The van der Waals surface area contributed by atoms with E-state index in [0.29, 0.717) is 0 Å². The zero-order valence-electron chi connectivity index (χ0n) is 10.5. The van der Waals surface area contributed by atoms with Gasteiger partial charge >= 0.3 is 0 Å². The predicted octanol–water partition coefficient (Wildman–Crippen LogP) is 2.25. The van der Waals surface area contributed by atoms with Crippen LogP contribution in [0, 0.1) is 5.92 Å². The Morgan fingerprint density at radius 2 is 1.40 bits per heavy atom. The van der Waals surface area contributed by atoms with Gasteiger partial charge in [-0.1, -0.05) is 6.92 Å². The minimum atomic E-state index is 0.729. The van der Waals surface area contributed by atoms with E-state index in [1.165, 1.54) is 38.8 Å². The molecule has 2 nitrogen and oxygen atoms in total. The first-order chi connectivity index (χ1) is 7.18. The van der Waals surface area contributed by atoms with Crippen molar-refractivity contribution in [1.82, 2.24) is 10.2 Å². The Kier molecular flexibility index (Phi) is 3.68. The number of piperazine rings is 1. The van der Waals surface area contributed by atoms with Crippen molar-refractivity contribution in [1.29, 1.82) is 0 Å². The summed E-state index contributed by atoms with van der Waals surface area (Å²) in [6.07, 6.45) is 5.73. The third-order valence-corrected chi connectivity index (χ3v) is 4.30. The summed E-state index contributed by atoms with van der Waals surface area (Å²) < 4.78 is 0. The van der Waals surface area contributed by atoms with Gasteiger partial charge in [0.25, 0.3) is 0 Å². The molecular weight excluding hydrogens is 184 g/mol. The summed E-state index contributed by atoms with van der Waals surface area (Å²) in [4.78, 5) is 2.78. The molecule has 1 aliphatic carbocycles. The van der Waals surface area contributed by atoms with Crippen LogP contribution in [0.15, 0.2) is 0 Å². The van der Waals surface area contributed by atoms with Gasteiger partial charge < -0.3 is 5.32 Å². The minimum Gasteiger partial charge on any atom is -0.314 e. The molecule has 2 atom stereocenters. The van der Waals surface area contributed by atoms with Gasteiger partial charge in [-0.15, -0.1) is 0 Å². The van der Waals surface area contributed by atoms with Crippen molar-refractivity contribution in [2.45, 2.75) is 64.6 Å². The zero-order chi connectivity index (χ0) is 10.8. The molecule has 1 heterocycles. The number of rotatable bonds is 1. The molecule has 0 radical (unpaired) electrons. The standard InChI is InChI=1S/C13H26N2/c1-10-4-6-13(7-5-10)15-11(2)8-14-9-12(15)3/h10-14H,4-9H2,1-3H3. The van der Waals surface area contributed by atoms with Gasteiger partial charge in [-0.25, -0.2) is 0 Å². The Morgan fingerprint density at radius 3 is 1.93 bits per heavy atom. The van der Waals surface area contributed by atoms with E-state index in [0.717, 1.165) is 24.0 Å². The van der Waals surface area contributed by atoms with Crippen LogP contribution in [0.1, 0.15) is 46.5 Å². The van der Waals surface area contributed by atoms with Crippen LogP contribution < -0.4 is 5.32 Å². The highest BCUT2D eigenvalue weighted by Crippen LogP contribution is 2.30. The molecule has 1 aliphatic heterocycles. The monoisotopic (exact) mass is 210 g/mol. The van der Waals surface area contributed by atoms with Gasteiger partial charge in [0.05, 0.1) is 0 Å². The maximum atomic E-state index is 3.52. The molecule has 1 saturated heterocycles. The Balaban J connectivity index is 1.95. The lowest BCUT2D eigenvalue weighted by Crippen LogP contribution is -2.59. The van der Waals surface area contributed by atoms with E-state index < -0.39 is 0 Å². The molecule has 2 unspecified atom stereocenters. The molecule has 2 heteroatoms. The number of nitrogens with one attached hydrogen (secondary N) is 1. The van der Waals surface area contributed by atoms with Gasteiger partial charge in [0.2, 0.25) is 0 Å². The van der Waals surface area contributed by atoms with Crippen molar-refractivity contribution in [3.05, 3.63) is 0 Å².